The van der Waals surface area contributed by atoms with Crippen molar-refractivity contribution in [3.05, 3.63) is 11.6 Å². The molecule has 0 saturated heterocycles. The van der Waals surface area contributed by atoms with Crippen molar-refractivity contribution >= 4 is 11.9 Å². The highest BCUT2D eigenvalue weighted by atomic mass is 16.5. The van der Waals surface area contributed by atoms with Crippen molar-refractivity contribution in [2.24, 2.45) is 0 Å². The van der Waals surface area contributed by atoms with E-state index in [4.69, 9.17) is 9.47 Å². The summed E-state index contributed by atoms with van der Waals surface area (Å²) in [5, 5.41) is 0. The van der Waals surface area contributed by atoms with Crippen LogP contribution in [0.15, 0.2) is 11.6 Å². The molecule has 0 aromatic heterocycles. The monoisotopic (exact) mass is 285 g/mol. The van der Waals surface area contributed by atoms with Crippen LogP contribution in [0.1, 0.15) is 40.5 Å². The van der Waals surface area contributed by atoms with E-state index in [1.165, 1.54) is 0 Å². The Morgan fingerprint density at radius 1 is 1.10 bits per heavy atom. The molecule has 0 atom stereocenters. The predicted molar refractivity (Wildman–Crippen MR) is 78.4 cm³/mol. The van der Waals surface area contributed by atoms with Crippen molar-refractivity contribution < 1.29 is 19.1 Å². The lowest BCUT2D eigenvalue weighted by Gasteiger charge is -2.21. The van der Waals surface area contributed by atoms with Crippen molar-refractivity contribution in [3.63, 3.8) is 0 Å². The number of esters is 1. The molecule has 5 nitrogen and oxygen atoms in total. The number of carbonyl (C=O) groups excluding carboxylic acids is 2. The van der Waals surface area contributed by atoms with Crippen LogP contribution in [0.2, 0.25) is 0 Å². The highest BCUT2D eigenvalue weighted by Gasteiger charge is 2.13. The second-order valence-electron chi connectivity index (χ2n) is 4.65. The summed E-state index contributed by atoms with van der Waals surface area (Å²) in [5.41, 5.74) is 0.945. The van der Waals surface area contributed by atoms with Crippen LogP contribution in [0.3, 0.4) is 0 Å². The molecule has 5 heteroatoms. The fourth-order valence-electron chi connectivity index (χ4n) is 1.63. The zero-order valence-electron chi connectivity index (χ0n) is 13.1. The topological polar surface area (TPSA) is 55.8 Å². The van der Waals surface area contributed by atoms with Crippen LogP contribution in [-0.2, 0) is 19.1 Å². The molecule has 0 aliphatic carbocycles. The van der Waals surface area contributed by atoms with Crippen LogP contribution in [0.4, 0.5) is 0 Å². The molecule has 0 aliphatic rings. The maximum atomic E-state index is 12.0. The molecule has 0 aromatic carbocycles. The highest BCUT2D eigenvalue weighted by molar-refractivity contribution is 5.88. The molecule has 0 radical (unpaired) electrons. The summed E-state index contributed by atoms with van der Waals surface area (Å²) in [4.78, 5) is 25.1. The smallest absolute Gasteiger partial charge is 0.307 e. The molecule has 0 fully saturated rings. The van der Waals surface area contributed by atoms with Gasteiger partial charge in [0.2, 0.25) is 5.91 Å². The molecular formula is C15H27NO4. The first-order valence-corrected chi connectivity index (χ1v) is 7.18. The number of hydrogen-bond acceptors (Lipinski definition) is 4. The first-order valence-electron chi connectivity index (χ1n) is 7.18. The van der Waals surface area contributed by atoms with E-state index in [1.807, 2.05) is 20.8 Å². The lowest BCUT2D eigenvalue weighted by atomic mass is 10.2. The Bertz CT molecular complexity index is 322. The van der Waals surface area contributed by atoms with E-state index >= 15 is 0 Å². The predicted octanol–water partition coefficient (Wildman–Crippen LogP) is 2.16. The summed E-state index contributed by atoms with van der Waals surface area (Å²) in [5.74, 6) is -0.335. The Morgan fingerprint density at radius 2 is 1.80 bits per heavy atom. The van der Waals surface area contributed by atoms with Gasteiger partial charge < -0.3 is 14.4 Å². The SMILES string of the molecule is CCOCCCN(CCC(=O)OCC)C(=O)C=C(C)C. The average Bonchev–Trinajstić information content (AvgIpc) is 2.37. The zero-order valence-corrected chi connectivity index (χ0v) is 13.1. The molecule has 0 N–H and O–H groups in total. The van der Waals surface area contributed by atoms with Crippen molar-refractivity contribution in [1.29, 1.82) is 0 Å². The summed E-state index contributed by atoms with van der Waals surface area (Å²) >= 11 is 0. The van der Waals surface area contributed by atoms with Gasteiger partial charge in [0.25, 0.3) is 0 Å². The van der Waals surface area contributed by atoms with Crippen LogP contribution >= 0.6 is 0 Å². The third-order valence-electron chi connectivity index (χ3n) is 2.54. The molecule has 0 saturated carbocycles. The van der Waals surface area contributed by atoms with E-state index < -0.39 is 0 Å². The van der Waals surface area contributed by atoms with Gasteiger partial charge in [-0.2, -0.15) is 0 Å². The van der Waals surface area contributed by atoms with Gasteiger partial charge in [-0.25, -0.2) is 0 Å². The van der Waals surface area contributed by atoms with Crippen molar-refractivity contribution in [2.75, 3.05) is 32.9 Å². The lowest BCUT2D eigenvalue weighted by Crippen LogP contribution is -2.33. The Morgan fingerprint density at radius 3 is 2.35 bits per heavy atom. The van der Waals surface area contributed by atoms with Gasteiger partial charge in [-0.3, -0.25) is 9.59 Å². The Hall–Kier alpha value is -1.36. The first kappa shape index (κ1) is 18.6. The van der Waals surface area contributed by atoms with Crippen molar-refractivity contribution in [2.45, 2.75) is 40.5 Å². The molecule has 0 unspecified atom stereocenters. The van der Waals surface area contributed by atoms with Gasteiger partial charge in [-0.05, 0) is 34.1 Å². The fourth-order valence-corrected chi connectivity index (χ4v) is 1.63. The molecule has 0 aliphatic heterocycles. The van der Waals surface area contributed by atoms with Gasteiger partial charge in [0.05, 0.1) is 13.0 Å². The molecule has 20 heavy (non-hydrogen) atoms. The highest BCUT2D eigenvalue weighted by Crippen LogP contribution is 2.01. The van der Waals surface area contributed by atoms with Gasteiger partial charge >= 0.3 is 5.97 Å². The second kappa shape index (κ2) is 11.5. The van der Waals surface area contributed by atoms with E-state index in [0.717, 1.165) is 12.0 Å². The number of ether oxygens (including phenoxy) is 2. The summed E-state index contributed by atoms with van der Waals surface area (Å²) in [6, 6.07) is 0. The van der Waals surface area contributed by atoms with Crippen molar-refractivity contribution in [1.82, 2.24) is 4.90 Å². The maximum absolute atomic E-state index is 12.0. The van der Waals surface area contributed by atoms with Crippen LogP contribution < -0.4 is 0 Å². The number of rotatable bonds is 10. The van der Waals surface area contributed by atoms with E-state index in [1.54, 1.807) is 17.9 Å². The Labute approximate surface area is 121 Å². The minimum atomic E-state index is -0.271. The summed E-state index contributed by atoms with van der Waals surface area (Å²) < 4.78 is 10.1. The average molecular weight is 285 g/mol. The number of nitrogens with zero attached hydrogens (tertiary/aromatic N) is 1. The molecule has 0 bridgehead atoms. The normalized spacial score (nSPS) is 10.0. The van der Waals surface area contributed by atoms with E-state index in [0.29, 0.717) is 32.9 Å². The van der Waals surface area contributed by atoms with Gasteiger partial charge in [-0.15, -0.1) is 0 Å². The molecule has 0 spiro atoms. The molecule has 0 rings (SSSR count). The third-order valence-corrected chi connectivity index (χ3v) is 2.54. The minimum Gasteiger partial charge on any atom is -0.466 e. The number of hydrogen-bond donors (Lipinski definition) is 0. The van der Waals surface area contributed by atoms with Gasteiger partial charge in [0.15, 0.2) is 0 Å². The van der Waals surface area contributed by atoms with Gasteiger partial charge in [0, 0.05) is 32.4 Å². The first-order chi connectivity index (χ1) is 9.51. The van der Waals surface area contributed by atoms with Crippen LogP contribution in [0, 0.1) is 0 Å². The quantitative estimate of drug-likeness (QED) is 0.351. The zero-order chi connectivity index (χ0) is 15.4. The number of carbonyl (C=O) groups is 2. The minimum absolute atomic E-state index is 0.0641. The lowest BCUT2D eigenvalue weighted by molar-refractivity contribution is -0.143. The fraction of sp³-hybridized carbons (Fsp3) is 0.733. The Kier molecular flexibility index (Phi) is 10.7. The summed E-state index contributed by atoms with van der Waals surface area (Å²) in [6.07, 6.45) is 2.58. The van der Waals surface area contributed by atoms with E-state index in [-0.39, 0.29) is 18.3 Å². The third kappa shape index (κ3) is 9.55. The molecular weight excluding hydrogens is 258 g/mol. The van der Waals surface area contributed by atoms with E-state index in [2.05, 4.69) is 0 Å². The number of amides is 1. The van der Waals surface area contributed by atoms with Crippen molar-refractivity contribution in [3.8, 4) is 0 Å². The summed E-state index contributed by atoms with van der Waals surface area (Å²) in [6.45, 7) is 10.1. The maximum Gasteiger partial charge on any atom is 0.307 e. The van der Waals surface area contributed by atoms with Crippen LogP contribution in [0.25, 0.3) is 0 Å². The van der Waals surface area contributed by atoms with Gasteiger partial charge in [-0.1, -0.05) is 5.57 Å². The Balaban J connectivity index is 4.34. The van der Waals surface area contributed by atoms with Crippen LogP contribution in [-0.4, -0.2) is 49.7 Å². The standard InChI is InChI=1S/C15H27NO4/c1-5-19-11-7-9-16(14(17)12-13(3)4)10-8-15(18)20-6-2/h12H,5-11H2,1-4H3. The number of allylic oxidation sites excluding steroid dienone is 1. The van der Waals surface area contributed by atoms with Gasteiger partial charge in [0.1, 0.15) is 0 Å². The molecule has 0 heterocycles. The van der Waals surface area contributed by atoms with E-state index in [9.17, 15) is 9.59 Å². The molecule has 0 aromatic rings. The summed E-state index contributed by atoms with van der Waals surface area (Å²) in [7, 11) is 0. The molecule has 116 valence electrons. The second-order valence-corrected chi connectivity index (χ2v) is 4.65. The van der Waals surface area contributed by atoms with Crippen LogP contribution in [0.5, 0.6) is 0 Å². The largest absolute Gasteiger partial charge is 0.466 e. The molecule has 1 amide bonds.